The van der Waals surface area contributed by atoms with E-state index in [2.05, 4.69) is 10.3 Å². The molecule has 1 aliphatic carbocycles. The van der Waals surface area contributed by atoms with Gasteiger partial charge in [0.2, 0.25) is 0 Å². The van der Waals surface area contributed by atoms with E-state index in [9.17, 15) is 4.79 Å². The van der Waals surface area contributed by atoms with Crippen LogP contribution in [0.4, 0.5) is 4.79 Å². The highest BCUT2D eigenvalue weighted by molar-refractivity contribution is 5.75. The molecular formula is C14H19N3O2. The highest BCUT2D eigenvalue weighted by Gasteiger charge is 2.46. The summed E-state index contributed by atoms with van der Waals surface area (Å²) in [5, 5.41) is 2.96. The van der Waals surface area contributed by atoms with Crippen LogP contribution in [0.5, 0.6) is 0 Å². The first kappa shape index (κ1) is 12.4. The predicted octanol–water partition coefficient (Wildman–Crippen LogP) is 1.40. The SMILES string of the molecule is CO[C@@H]1C[C@H]2C[C@H]1CN2C(=O)NCc1cccnc1. The standard InChI is InChI=1S/C14H19N3O2/c1-19-13-6-12-5-11(13)9-17(12)14(18)16-8-10-3-2-4-15-7-10/h2-4,7,11-13H,5-6,8-9H2,1H3,(H,16,18)/t11-,12+,13+/m0/s1. The average molecular weight is 261 g/mol. The third-order valence-electron chi connectivity index (χ3n) is 4.21. The van der Waals surface area contributed by atoms with Crippen LogP contribution in [-0.4, -0.2) is 41.7 Å². The number of rotatable bonds is 3. The van der Waals surface area contributed by atoms with Crippen molar-refractivity contribution < 1.29 is 9.53 Å². The molecule has 102 valence electrons. The molecule has 2 heterocycles. The van der Waals surface area contributed by atoms with Gasteiger partial charge in [-0.3, -0.25) is 4.98 Å². The number of likely N-dealkylation sites (tertiary alicyclic amines) is 1. The number of methoxy groups -OCH3 is 1. The Morgan fingerprint density at radius 3 is 3.11 bits per heavy atom. The van der Waals surface area contributed by atoms with E-state index >= 15 is 0 Å². The Kier molecular flexibility index (Phi) is 3.38. The Hall–Kier alpha value is -1.62. The van der Waals surface area contributed by atoms with Crippen LogP contribution in [0, 0.1) is 5.92 Å². The molecule has 1 saturated carbocycles. The Morgan fingerprint density at radius 2 is 2.47 bits per heavy atom. The molecule has 5 nitrogen and oxygen atoms in total. The van der Waals surface area contributed by atoms with Crippen molar-refractivity contribution >= 4 is 6.03 Å². The minimum absolute atomic E-state index is 0.0332. The number of amides is 2. The van der Waals surface area contributed by atoms with Crippen LogP contribution >= 0.6 is 0 Å². The summed E-state index contributed by atoms with van der Waals surface area (Å²) >= 11 is 0. The predicted molar refractivity (Wildman–Crippen MR) is 70.5 cm³/mol. The molecule has 0 aromatic carbocycles. The minimum Gasteiger partial charge on any atom is -0.381 e. The lowest BCUT2D eigenvalue weighted by molar-refractivity contribution is 0.0413. The molecule has 1 aliphatic heterocycles. The maximum absolute atomic E-state index is 12.2. The van der Waals surface area contributed by atoms with Gasteiger partial charge in [0.1, 0.15) is 0 Å². The van der Waals surface area contributed by atoms with Gasteiger partial charge in [0, 0.05) is 44.6 Å². The number of ether oxygens (including phenoxy) is 1. The quantitative estimate of drug-likeness (QED) is 0.895. The molecule has 1 N–H and O–H groups in total. The molecule has 2 fully saturated rings. The fourth-order valence-corrected chi connectivity index (χ4v) is 3.23. The Morgan fingerprint density at radius 1 is 1.58 bits per heavy atom. The zero-order valence-electron chi connectivity index (χ0n) is 11.1. The van der Waals surface area contributed by atoms with Crippen molar-refractivity contribution in [1.29, 1.82) is 0 Å². The third kappa shape index (κ3) is 2.42. The van der Waals surface area contributed by atoms with Gasteiger partial charge in [0.15, 0.2) is 0 Å². The van der Waals surface area contributed by atoms with Crippen LogP contribution in [-0.2, 0) is 11.3 Å². The van der Waals surface area contributed by atoms with Crippen LogP contribution in [0.3, 0.4) is 0 Å². The lowest BCUT2D eigenvalue weighted by Crippen LogP contribution is -2.46. The number of carbonyl (C=O) groups excluding carboxylic acids is 1. The third-order valence-corrected chi connectivity index (χ3v) is 4.21. The number of hydrogen-bond acceptors (Lipinski definition) is 3. The maximum Gasteiger partial charge on any atom is 0.317 e. The topological polar surface area (TPSA) is 54.5 Å². The molecule has 0 radical (unpaired) electrons. The Labute approximate surface area is 113 Å². The summed E-state index contributed by atoms with van der Waals surface area (Å²) in [6.07, 6.45) is 5.90. The summed E-state index contributed by atoms with van der Waals surface area (Å²) in [4.78, 5) is 18.1. The lowest BCUT2D eigenvalue weighted by Gasteiger charge is -2.30. The zero-order chi connectivity index (χ0) is 13.2. The van der Waals surface area contributed by atoms with Gasteiger partial charge in [-0.25, -0.2) is 4.79 Å². The number of nitrogens with zero attached hydrogens (tertiary/aromatic N) is 2. The van der Waals surface area contributed by atoms with Gasteiger partial charge in [-0.05, 0) is 24.5 Å². The molecule has 2 bridgehead atoms. The minimum atomic E-state index is 0.0332. The summed E-state index contributed by atoms with van der Waals surface area (Å²) in [6.45, 7) is 1.36. The van der Waals surface area contributed by atoms with E-state index in [1.54, 1.807) is 19.5 Å². The number of urea groups is 1. The van der Waals surface area contributed by atoms with Gasteiger partial charge < -0.3 is 15.0 Å². The van der Waals surface area contributed by atoms with Crippen LogP contribution in [0.15, 0.2) is 24.5 Å². The molecule has 1 aromatic rings. The van der Waals surface area contributed by atoms with Crippen molar-refractivity contribution in [2.45, 2.75) is 31.5 Å². The fraction of sp³-hybridized carbons (Fsp3) is 0.571. The summed E-state index contributed by atoms with van der Waals surface area (Å²) in [5.74, 6) is 0.513. The van der Waals surface area contributed by atoms with Crippen molar-refractivity contribution in [3.8, 4) is 0 Å². The summed E-state index contributed by atoms with van der Waals surface area (Å²) < 4.78 is 5.44. The second-order valence-electron chi connectivity index (χ2n) is 5.33. The van der Waals surface area contributed by atoms with Crippen molar-refractivity contribution in [2.24, 2.45) is 5.92 Å². The number of nitrogens with one attached hydrogen (secondary N) is 1. The highest BCUT2D eigenvalue weighted by Crippen LogP contribution is 2.39. The molecule has 0 unspecified atom stereocenters. The van der Waals surface area contributed by atoms with E-state index in [0.29, 0.717) is 24.6 Å². The average Bonchev–Trinajstić information content (AvgIpc) is 3.05. The highest BCUT2D eigenvalue weighted by atomic mass is 16.5. The smallest absolute Gasteiger partial charge is 0.317 e. The van der Waals surface area contributed by atoms with E-state index in [1.165, 1.54) is 0 Å². The van der Waals surface area contributed by atoms with Gasteiger partial charge in [0.25, 0.3) is 0 Å². The van der Waals surface area contributed by atoms with Gasteiger partial charge in [-0.2, -0.15) is 0 Å². The second kappa shape index (κ2) is 5.17. The van der Waals surface area contributed by atoms with E-state index in [-0.39, 0.29) is 6.03 Å². The number of carbonyl (C=O) groups is 1. The zero-order valence-corrected chi connectivity index (χ0v) is 11.1. The first-order valence-corrected chi connectivity index (χ1v) is 6.74. The van der Waals surface area contributed by atoms with Crippen molar-refractivity contribution in [3.63, 3.8) is 0 Å². The molecule has 1 aromatic heterocycles. The summed E-state index contributed by atoms with van der Waals surface area (Å²) in [6, 6.07) is 4.22. The largest absolute Gasteiger partial charge is 0.381 e. The van der Waals surface area contributed by atoms with Crippen LogP contribution < -0.4 is 5.32 Å². The molecule has 3 atom stereocenters. The number of hydrogen-bond donors (Lipinski definition) is 1. The molecule has 5 heteroatoms. The molecule has 3 rings (SSSR count). The second-order valence-corrected chi connectivity index (χ2v) is 5.33. The van der Waals surface area contributed by atoms with Crippen molar-refractivity contribution in [3.05, 3.63) is 30.1 Å². The number of piperidine rings is 1. The monoisotopic (exact) mass is 261 g/mol. The summed E-state index contributed by atoms with van der Waals surface area (Å²) in [5.41, 5.74) is 1.02. The first-order chi connectivity index (χ1) is 9.28. The molecule has 2 aliphatic rings. The molecule has 0 spiro atoms. The van der Waals surface area contributed by atoms with E-state index in [0.717, 1.165) is 24.9 Å². The van der Waals surface area contributed by atoms with Crippen LogP contribution in [0.2, 0.25) is 0 Å². The summed E-state index contributed by atoms with van der Waals surface area (Å²) in [7, 11) is 1.76. The number of pyridine rings is 1. The fourth-order valence-electron chi connectivity index (χ4n) is 3.23. The van der Waals surface area contributed by atoms with Gasteiger partial charge in [-0.1, -0.05) is 6.07 Å². The van der Waals surface area contributed by atoms with Crippen molar-refractivity contribution in [1.82, 2.24) is 15.2 Å². The molecule has 1 saturated heterocycles. The van der Waals surface area contributed by atoms with E-state index < -0.39 is 0 Å². The van der Waals surface area contributed by atoms with Gasteiger partial charge in [0.05, 0.1) is 6.10 Å². The van der Waals surface area contributed by atoms with Crippen LogP contribution in [0.25, 0.3) is 0 Å². The Bertz CT molecular complexity index is 451. The van der Waals surface area contributed by atoms with Gasteiger partial charge in [-0.15, -0.1) is 0 Å². The van der Waals surface area contributed by atoms with Crippen molar-refractivity contribution in [2.75, 3.05) is 13.7 Å². The number of fused-ring (bicyclic) bond motifs is 2. The Balaban J connectivity index is 1.53. The first-order valence-electron chi connectivity index (χ1n) is 6.74. The molecular weight excluding hydrogens is 242 g/mol. The van der Waals surface area contributed by atoms with Crippen LogP contribution in [0.1, 0.15) is 18.4 Å². The molecule has 2 amide bonds. The maximum atomic E-state index is 12.2. The number of aromatic nitrogens is 1. The molecule has 19 heavy (non-hydrogen) atoms. The van der Waals surface area contributed by atoms with E-state index in [4.69, 9.17) is 4.74 Å². The lowest BCUT2D eigenvalue weighted by atomic mass is 10.1. The van der Waals surface area contributed by atoms with E-state index in [1.807, 2.05) is 17.0 Å². The normalized spacial score (nSPS) is 28.7. The van der Waals surface area contributed by atoms with Gasteiger partial charge >= 0.3 is 6.03 Å².